The topological polar surface area (TPSA) is 134 Å². The summed E-state index contributed by atoms with van der Waals surface area (Å²) < 4.78 is 5.20. The molecule has 0 radical (unpaired) electrons. The molecule has 3 aliphatic heterocycles. The van der Waals surface area contributed by atoms with Crippen molar-refractivity contribution in [3.63, 3.8) is 0 Å². The predicted molar refractivity (Wildman–Crippen MR) is 127 cm³/mol. The number of benzene rings is 2. The molecule has 0 spiro atoms. The summed E-state index contributed by atoms with van der Waals surface area (Å²) in [5.41, 5.74) is 8.30. The highest BCUT2D eigenvalue weighted by Crippen LogP contribution is 2.27. The van der Waals surface area contributed by atoms with Crippen molar-refractivity contribution in [1.29, 1.82) is 0 Å². The van der Waals surface area contributed by atoms with Crippen molar-refractivity contribution in [3.05, 3.63) is 53.6 Å². The van der Waals surface area contributed by atoms with Crippen LogP contribution in [0.5, 0.6) is 5.75 Å². The van der Waals surface area contributed by atoms with Crippen molar-refractivity contribution < 1.29 is 19.7 Å². The second-order valence-electron chi connectivity index (χ2n) is 8.59. The second kappa shape index (κ2) is 9.91. The summed E-state index contributed by atoms with van der Waals surface area (Å²) in [4.78, 5) is 27.6. The number of anilines is 2. The Hall–Kier alpha value is -3.59. The minimum atomic E-state index is -0.385. The maximum Gasteiger partial charge on any atom is 0.319 e. The molecule has 2 aromatic rings. The van der Waals surface area contributed by atoms with E-state index in [-0.39, 0.29) is 23.7 Å². The number of fused-ring (bicyclic) bond motifs is 3. The molecular weight excluding hydrogens is 420 g/mol. The number of amides is 3. The smallest absolute Gasteiger partial charge is 0.319 e. The lowest BCUT2D eigenvalue weighted by atomic mass is 9.84. The first-order valence-corrected chi connectivity index (χ1v) is 11.2. The molecule has 0 aromatic heterocycles. The van der Waals surface area contributed by atoms with Crippen molar-refractivity contribution in [2.24, 2.45) is 5.92 Å². The number of urea groups is 1. The van der Waals surface area contributed by atoms with Crippen LogP contribution >= 0.6 is 0 Å². The van der Waals surface area contributed by atoms with E-state index in [0.717, 1.165) is 43.8 Å². The summed E-state index contributed by atoms with van der Waals surface area (Å²) in [5.74, 6) is 0.880. The molecule has 3 fully saturated rings. The number of methoxy groups -OCH3 is 1. The Morgan fingerprint density at radius 1 is 1.18 bits per heavy atom. The van der Waals surface area contributed by atoms with Gasteiger partial charge in [0.05, 0.1) is 12.7 Å². The van der Waals surface area contributed by atoms with Gasteiger partial charge in [-0.2, -0.15) is 0 Å². The molecular formula is C24H31N6O3+. The van der Waals surface area contributed by atoms with Crippen molar-refractivity contribution in [2.45, 2.75) is 25.4 Å². The zero-order valence-corrected chi connectivity index (χ0v) is 18.8. The Morgan fingerprint density at radius 2 is 1.97 bits per heavy atom. The summed E-state index contributed by atoms with van der Waals surface area (Å²) in [6.07, 6.45) is 2.19. The standard InChI is InChI=1S/C24H30N6O3/c1-33-18-4-2-3-15(11-18)13-27-24(32)28-17-5-6-20(25)19(12-17)22(26)23(31)29-21-14-30-9-7-16(21)8-10-30/h2-6,11-12,16,21,26H,7-10,13-14,25H2,1H3,(H,29,31)(H2,27,28,32)/p+1. The van der Waals surface area contributed by atoms with Crippen LogP contribution in [0.4, 0.5) is 16.2 Å². The minimum Gasteiger partial charge on any atom is -0.497 e. The van der Waals surface area contributed by atoms with Crippen molar-refractivity contribution in [1.82, 2.24) is 15.5 Å². The van der Waals surface area contributed by atoms with E-state index in [4.69, 9.17) is 15.9 Å². The largest absolute Gasteiger partial charge is 0.497 e. The van der Waals surface area contributed by atoms with Gasteiger partial charge < -0.3 is 31.3 Å². The average Bonchev–Trinajstić information content (AvgIpc) is 2.84. The predicted octanol–water partition coefficient (Wildman–Crippen LogP) is 0.358. The van der Waals surface area contributed by atoms with Crippen LogP contribution in [0.1, 0.15) is 24.0 Å². The van der Waals surface area contributed by atoms with E-state index in [0.29, 0.717) is 29.4 Å². The van der Waals surface area contributed by atoms with Crippen molar-refractivity contribution >= 4 is 29.0 Å². The van der Waals surface area contributed by atoms with Crippen LogP contribution in [0.2, 0.25) is 0 Å². The molecule has 1 unspecified atom stereocenters. The van der Waals surface area contributed by atoms with E-state index >= 15 is 0 Å². The Kier molecular flexibility index (Phi) is 6.79. The van der Waals surface area contributed by atoms with Crippen LogP contribution in [0.25, 0.3) is 0 Å². The molecule has 9 heteroatoms. The number of rotatable bonds is 7. The highest BCUT2D eigenvalue weighted by Gasteiger charge is 2.36. The Balaban J connectivity index is 1.35. The van der Waals surface area contributed by atoms with Crippen LogP contribution in [-0.2, 0) is 11.3 Å². The number of hydrogen-bond acceptors (Lipinski definition) is 5. The molecule has 3 aliphatic rings. The number of ether oxygens (including phenoxy) is 1. The van der Waals surface area contributed by atoms with E-state index < -0.39 is 0 Å². The van der Waals surface area contributed by atoms with Crippen LogP contribution in [0, 0.1) is 5.92 Å². The van der Waals surface area contributed by atoms with Gasteiger partial charge in [-0.3, -0.25) is 4.79 Å². The molecule has 0 aliphatic carbocycles. The van der Waals surface area contributed by atoms with Crippen LogP contribution < -0.4 is 31.8 Å². The summed E-state index contributed by atoms with van der Waals surface area (Å²) >= 11 is 0. The van der Waals surface area contributed by atoms with Gasteiger partial charge in [-0.25, -0.2) is 10.2 Å². The van der Waals surface area contributed by atoms with E-state index in [1.807, 2.05) is 24.3 Å². The van der Waals surface area contributed by atoms with Gasteiger partial charge in [-0.05, 0) is 67.7 Å². The van der Waals surface area contributed by atoms with Gasteiger partial charge in [0.1, 0.15) is 5.75 Å². The molecule has 2 aromatic carbocycles. The Bertz CT molecular complexity index is 1050. The van der Waals surface area contributed by atoms with Crippen molar-refractivity contribution in [2.75, 3.05) is 37.8 Å². The van der Waals surface area contributed by atoms with Gasteiger partial charge in [0.25, 0.3) is 5.71 Å². The van der Waals surface area contributed by atoms with Crippen LogP contribution in [0.3, 0.4) is 0 Å². The number of piperidine rings is 3. The fourth-order valence-electron chi connectivity index (χ4n) is 4.50. The lowest BCUT2D eigenvalue weighted by molar-refractivity contribution is -0.136. The molecule has 3 heterocycles. The van der Waals surface area contributed by atoms with Gasteiger partial charge in [0.2, 0.25) is 0 Å². The zero-order valence-electron chi connectivity index (χ0n) is 18.8. The van der Waals surface area contributed by atoms with E-state index in [9.17, 15) is 9.59 Å². The molecule has 2 bridgehead atoms. The number of nitrogens with one attached hydrogen (secondary N) is 3. The Morgan fingerprint density at radius 3 is 2.67 bits per heavy atom. The monoisotopic (exact) mass is 451 g/mol. The molecule has 174 valence electrons. The first-order chi connectivity index (χ1) is 15.9. The van der Waals surface area contributed by atoms with Gasteiger partial charge in [-0.1, -0.05) is 12.1 Å². The number of carbonyl (C=O) groups excluding carboxylic acids is 2. The SMILES string of the molecule is COc1cccc(CNC(=O)Nc2ccc(N)c(C(=[NH2+])C(=O)NC3CN4CCC3CC4)c2)c1. The molecule has 1 atom stereocenters. The fourth-order valence-corrected chi connectivity index (χ4v) is 4.50. The fraction of sp³-hybridized carbons (Fsp3) is 0.375. The first kappa shape index (κ1) is 22.6. The summed E-state index contributed by atoms with van der Waals surface area (Å²) in [5, 5.41) is 14.8. The van der Waals surface area contributed by atoms with Crippen molar-refractivity contribution in [3.8, 4) is 5.75 Å². The van der Waals surface area contributed by atoms with Crippen LogP contribution in [-0.4, -0.2) is 55.3 Å². The molecule has 33 heavy (non-hydrogen) atoms. The zero-order chi connectivity index (χ0) is 23.4. The maximum absolute atomic E-state index is 12.8. The van der Waals surface area contributed by atoms with E-state index in [1.54, 1.807) is 25.3 Å². The third-order valence-electron chi connectivity index (χ3n) is 6.41. The molecule has 7 N–H and O–H groups in total. The van der Waals surface area contributed by atoms with Gasteiger partial charge in [0.15, 0.2) is 0 Å². The molecule has 3 saturated heterocycles. The van der Waals surface area contributed by atoms with E-state index in [2.05, 4.69) is 20.9 Å². The lowest BCUT2D eigenvalue weighted by Crippen LogP contribution is -2.60. The third-order valence-corrected chi connectivity index (χ3v) is 6.41. The number of nitrogen functional groups attached to an aromatic ring is 1. The second-order valence-corrected chi connectivity index (χ2v) is 8.59. The van der Waals surface area contributed by atoms with Gasteiger partial charge in [0, 0.05) is 30.5 Å². The summed E-state index contributed by atoms with van der Waals surface area (Å²) in [6.45, 7) is 3.38. The highest BCUT2D eigenvalue weighted by atomic mass is 16.5. The maximum atomic E-state index is 12.8. The quantitative estimate of drug-likeness (QED) is 0.306. The number of hydrogen-bond donors (Lipinski definition) is 5. The number of nitrogens with zero attached hydrogens (tertiary/aromatic N) is 1. The van der Waals surface area contributed by atoms with Gasteiger partial charge >= 0.3 is 11.9 Å². The highest BCUT2D eigenvalue weighted by molar-refractivity contribution is 6.44. The molecule has 9 nitrogen and oxygen atoms in total. The third kappa shape index (κ3) is 5.43. The lowest BCUT2D eigenvalue weighted by Gasteiger charge is -2.44. The molecule has 5 rings (SSSR count). The first-order valence-electron chi connectivity index (χ1n) is 11.2. The number of carbonyl (C=O) groups is 2. The number of nitrogens with two attached hydrogens (primary N) is 2. The van der Waals surface area contributed by atoms with Crippen LogP contribution in [0.15, 0.2) is 42.5 Å². The molecule has 0 saturated carbocycles. The summed E-state index contributed by atoms with van der Waals surface area (Å²) in [6, 6.07) is 12.1. The molecule has 3 amide bonds. The average molecular weight is 452 g/mol. The minimum absolute atomic E-state index is 0.0457. The van der Waals surface area contributed by atoms with Gasteiger partial charge in [-0.15, -0.1) is 0 Å². The normalized spacial score (nSPS) is 21.2. The summed E-state index contributed by atoms with van der Waals surface area (Å²) in [7, 11) is 1.60. The Labute approximate surface area is 193 Å². The van der Waals surface area contributed by atoms with E-state index in [1.165, 1.54) is 0 Å².